The summed E-state index contributed by atoms with van der Waals surface area (Å²) in [5.41, 5.74) is 2.97. The standard InChI is InChI=1S/C7H5NS.C4H8/c1-2-4-7-6(3-1)8-5-9-7;1-4-2-3-4/h1-5H;4H,2-3H2,1H3. The fourth-order valence-electron chi connectivity index (χ4n) is 0.970. The molecule has 3 rings (SSSR count). The Balaban J connectivity index is 0.000000137. The summed E-state index contributed by atoms with van der Waals surface area (Å²) in [6.07, 6.45) is 2.97. The van der Waals surface area contributed by atoms with Crippen molar-refractivity contribution in [1.29, 1.82) is 0 Å². The quantitative estimate of drug-likeness (QED) is 0.618. The molecule has 0 bridgehead atoms. The van der Waals surface area contributed by atoms with Crippen molar-refractivity contribution in [2.75, 3.05) is 0 Å². The molecule has 0 spiro atoms. The number of aromatic nitrogens is 1. The third-order valence-electron chi connectivity index (χ3n) is 2.10. The van der Waals surface area contributed by atoms with Crippen LogP contribution in [0.25, 0.3) is 10.2 Å². The molecule has 0 saturated heterocycles. The molecule has 2 aromatic rings. The lowest BCUT2D eigenvalue weighted by Gasteiger charge is -1.80. The van der Waals surface area contributed by atoms with Gasteiger partial charge in [-0.3, -0.25) is 0 Å². The highest BCUT2D eigenvalue weighted by molar-refractivity contribution is 7.16. The Morgan fingerprint density at radius 1 is 1.31 bits per heavy atom. The van der Waals surface area contributed by atoms with Gasteiger partial charge in [0.25, 0.3) is 0 Å². The third-order valence-corrected chi connectivity index (χ3v) is 2.91. The summed E-state index contributed by atoms with van der Waals surface area (Å²) in [7, 11) is 0. The zero-order valence-corrected chi connectivity index (χ0v) is 8.55. The van der Waals surface area contributed by atoms with Crippen molar-refractivity contribution < 1.29 is 0 Å². The van der Waals surface area contributed by atoms with Gasteiger partial charge in [0.15, 0.2) is 0 Å². The Labute approximate surface area is 82.4 Å². The summed E-state index contributed by atoms with van der Waals surface area (Å²) in [6, 6.07) is 8.13. The van der Waals surface area contributed by atoms with Crippen molar-refractivity contribution in [2.45, 2.75) is 19.8 Å². The highest BCUT2D eigenvalue weighted by Gasteiger charge is 2.12. The molecule has 0 aliphatic heterocycles. The van der Waals surface area contributed by atoms with Crippen LogP contribution in [-0.4, -0.2) is 4.98 Å². The second kappa shape index (κ2) is 3.88. The van der Waals surface area contributed by atoms with Gasteiger partial charge in [-0.2, -0.15) is 0 Å². The summed E-state index contributed by atoms with van der Waals surface area (Å²) >= 11 is 1.68. The van der Waals surface area contributed by atoms with Gasteiger partial charge < -0.3 is 0 Å². The van der Waals surface area contributed by atoms with Crippen molar-refractivity contribution in [3.63, 3.8) is 0 Å². The molecule has 0 radical (unpaired) electrons. The predicted octanol–water partition coefficient (Wildman–Crippen LogP) is 3.71. The van der Waals surface area contributed by atoms with Crippen LogP contribution in [0.3, 0.4) is 0 Å². The average molecular weight is 191 g/mol. The topological polar surface area (TPSA) is 12.9 Å². The number of fused-ring (bicyclic) bond motifs is 1. The number of nitrogens with zero attached hydrogens (tertiary/aromatic N) is 1. The van der Waals surface area contributed by atoms with Gasteiger partial charge in [-0.05, 0) is 18.1 Å². The molecule has 1 aliphatic rings. The first-order chi connectivity index (χ1) is 6.36. The van der Waals surface area contributed by atoms with E-state index in [0.29, 0.717) is 0 Å². The number of benzene rings is 1. The minimum Gasteiger partial charge on any atom is -0.245 e. The van der Waals surface area contributed by atoms with E-state index in [9.17, 15) is 0 Å². The zero-order valence-electron chi connectivity index (χ0n) is 7.73. The minimum absolute atomic E-state index is 1.08. The maximum Gasteiger partial charge on any atom is 0.0812 e. The molecule has 0 unspecified atom stereocenters. The van der Waals surface area contributed by atoms with Crippen molar-refractivity contribution >= 4 is 21.6 Å². The second-order valence-electron chi connectivity index (χ2n) is 3.50. The van der Waals surface area contributed by atoms with Crippen LogP contribution in [0.5, 0.6) is 0 Å². The van der Waals surface area contributed by atoms with E-state index in [4.69, 9.17) is 0 Å². The highest BCUT2D eigenvalue weighted by Crippen LogP contribution is 2.26. The third kappa shape index (κ3) is 2.52. The van der Waals surface area contributed by atoms with E-state index < -0.39 is 0 Å². The molecule has 13 heavy (non-hydrogen) atoms. The smallest absolute Gasteiger partial charge is 0.0812 e. The van der Waals surface area contributed by atoms with Gasteiger partial charge in [-0.15, -0.1) is 11.3 Å². The normalized spacial score (nSPS) is 15.2. The van der Waals surface area contributed by atoms with Crippen molar-refractivity contribution in [3.05, 3.63) is 29.8 Å². The van der Waals surface area contributed by atoms with Crippen molar-refractivity contribution in [2.24, 2.45) is 5.92 Å². The molecule has 68 valence electrons. The molecule has 0 N–H and O–H groups in total. The number of hydrogen-bond acceptors (Lipinski definition) is 2. The Kier molecular flexibility index (Phi) is 2.60. The molecular weight excluding hydrogens is 178 g/mol. The Bertz CT molecular complexity index is 346. The molecule has 1 heterocycles. The Morgan fingerprint density at radius 3 is 2.62 bits per heavy atom. The fraction of sp³-hybridized carbons (Fsp3) is 0.364. The van der Waals surface area contributed by atoms with E-state index in [2.05, 4.69) is 18.0 Å². The van der Waals surface area contributed by atoms with Crippen LogP contribution in [0.2, 0.25) is 0 Å². The maximum absolute atomic E-state index is 4.14. The van der Waals surface area contributed by atoms with E-state index in [1.807, 2.05) is 23.7 Å². The SMILES string of the molecule is CC1CC1.c1ccc2scnc2c1. The fourth-order valence-corrected chi connectivity index (χ4v) is 1.65. The molecule has 1 aliphatic carbocycles. The van der Waals surface area contributed by atoms with E-state index >= 15 is 0 Å². The first-order valence-corrected chi connectivity index (χ1v) is 5.52. The molecule has 0 amide bonds. The number of para-hydroxylation sites is 1. The second-order valence-corrected chi connectivity index (χ2v) is 4.39. The monoisotopic (exact) mass is 191 g/mol. The van der Waals surface area contributed by atoms with Gasteiger partial charge in [0.1, 0.15) is 0 Å². The van der Waals surface area contributed by atoms with Crippen LogP contribution in [0.15, 0.2) is 29.8 Å². The molecule has 1 aromatic heterocycles. The summed E-state index contributed by atoms with van der Waals surface area (Å²) in [5, 5.41) is 0. The average Bonchev–Trinajstić information content (AvgIpc) is 2.82. The van der Waals surface area contributed by atoms with E-state index in [0.717, 1.165) is 11.4 Å². The van der Waals surface area contributed by atoms with Crippen LogP contribution in [0.1, 0.15) is 19.8 Å². The van der Waals surface area contributed by atoms with Crippen molar-refractivity contribution in [1.82, 2.24) is 4.98 Å². The summed E-state index contributed by atoms with van der Waals surface area (Å²) in [6.45, 7) is 2.28. The maximum atomic E-state index is 4.14. The lowest BCUT2D eigenvalue weighted by molar-refractivity contribution is 0.983. The lowest BCUT2D eigenvalue weighted by atomic mass is 10.3. The van der Waals surface area contributed by atoms with Gasteiger partial charge in [0.05, 0.1) is 15.7 Å². The molecule has 2 heteroatoms. The van der Waals surface area contributed by atoms with Crippen LogP contribution in [0, 0.1) is 5.92 Å². The van der Waals surface area contributed by atoms with Gasteiger partial charge >= 0.3 is 0 Å². The molecule has 1 nitrogen and oxygen atoms in total. The van der Waals surface area contributed by atoms with Gasteiger partial charge in [0, 0.05) is 0 Å². The molecule has 1 fully saturated rings. The molecular formula is C11H13NS. The van der Waals surface area contributed by atoms with Crippen LogP contribution in [0.4, 0.5) is 0 Å². The van der Waals surface area contributed by atoms with Crippen LogP contribution >= 0.6 is 11.3 Å². The number of rotatable bonds is 0. The molecule has 1 saturated carbocycles. The predicted molar refractivity (Wildman–Crippen MR) is 58.0 cm³/mol. The van der Waals surface area contributed by atoms with Crippen molar-refractivity contribution in [3.8, 4) is 0 Å². The first kappa shape index (κ1) is 8.70. The highest BCUT2D eigenvalue weighted by atomic mass is 32.1. The molecule has 0 atom stereocenters. The summed E-state index contributed by atoms with van der Waals surface area (Å²) in [4.78, 5) is 4.14. The van der Waals surface area contributed by atoms with Crippen LogP contribution in [-0.2, 0) is 0 Å². The van der Waals surface area contributed by atoms with E-state index in [1.165, 1.54) is 17.5 Å². The zero-order chi connectivity index (χ0) is 9.10. The van der Waals surface area contributed by atoms with Gasteiger partial charge in [0.2, 0.25) is 0 Å². The first-order valence-electron chi connectivity index (χ1n) is 4.64. The van der Waals surface area contributed by atoms with Gasteiger partial charge in [-0.1, -0.05) is 31.9 Å². The van der Waals surface area contributed by atoms with Gasteiger partial charge in [-0.25, -0.2) is 4.98 Å². The molecule has 1 aromatic carbocycles. The lowest BCUT2D eigenvalue weighted by Crippen LogP contribution is -1.61. The van der Waals surface area contributed by atoms with E-state index in [1.54, 1.807) is 11.3 Å². The number of thiazole rings is 1. The van der Waals surface area contributed by atoms with E-state index in [-0.39, 0.29) is 0 Å². The summed E-state index contributed by atoms with van der Waals surface area (Å²) < 4.78 is 1.26. The van der Waals surface area contributed by atoms with Crippen LogP contribution < -0.4 is 0 Å². The minimum atomic E-state index is 1.08. The number of hydrogen-bond donors (Lipinski definition) is 0. The summed E-state index contributed by atoms with van der Waals surface area (Å²) in [5.74, 6) is 1.08. The Hall–Kier alpha value is -0.890. The largest absolute Gasteiger partial charge is 0.245 e. The Morgan fingerprint density at radius 2 is 2.00 bits per heavy atom.